The largest absolute Gasteiger partial charge is 0.381 e. The fourth-order valence-corrected chi connectivity index (χ4v) is 3.72. The molecule has 2 atom stereocenters. The van der Waals surface area contributed by atoms with E-state index in [1.807, 2.05) is 0 Å². The van der Waals surface area contributed by atoms with Gasteiger partial charge in [0.1, 0.15) is 0 Å². The van der Waals surface area contributed by atoms with Crippen LogP contribution in [0, 0.1) is 11.3 Å². The summed E-state index contributed by atoms with van der Waals surface area (Å²) in [6.45, 7) is 12.7. The van der Waals surface area contributed by atoms with Crippen LogP contribution in [0.5, 0.6) is 0 Å². The number of ether oxygens (including phenoxy) is 1. The maximum absolute atomic E-state index is 5.77. The third-order valence-electron chi connectivity index (χ3n) is 4.81. The lowest BCUT2D eigenvalue weighted by Crippen LogP contribution is -2.54. The van der Waals surface area contributed by atoms with E-state index in [9.17, 15) is 0 Å². The molecule has 0 amide bonds. The summed E-state index contributed by atoms with van der Waals surface area (Å²) in [6.07, 6.45) is 5.35. The smallest absolute Gasteiger partial charge is 0.0523 e. The number of nitrogens with zero attached hydrogens (tertiary/aromatic N) is 1. The Bertz CT molecular complexity index is 243. The van der Waals surface area contributed by atoms with Crippen molar-refractivity contribution in [3.63, 3.8) is 0 Å². The molecule has 2 fully saturated rings. The molecular weight excluding hydrogens is 210 g/mol. The quantitative estimate of drug-likeness (QED) is 0.733. The maximum Gasteiger partial charge on any atom is 0.0523 e. The van der Waals surface area contributed by atoms with E-state index in [-0.39, 0.29) is 0 Å². The van der Waals surface area contributed by atoms with E-state index in [0.717, 1.165) is 25.2 Å². The van der Waals surface area contributed by atoms with E-state index in [0.29, 0.717) is 11.5 Å². The summed E-state index contributed by atoms with van der Waals surface area (Å²) in [4.78, 5) is 2.71. The molecule has 0 aromatic carbocycles. The summed E-state index contributed by atoms with van der Waals surface area (Å²) in [5.74, 6) is 0.761. The van der Waals surface area contributed by atoms with Gasteiger partial charge in [-0.05, 0) is 57.4 Å². The Kier molecular flexibility index (Phi) is 4.14. The van der Waals surface area contributed by atoms with Gasteiger partial charge in [-0.2, -0.15) is 0 Å². The SMILES string of the molecule is CC(C)C1CC2(CCCOC2)CCN1C(C)C. The Labute approximate surface area is 107 Å². The summed E-state index contributed by atoms with van der Waals surface area (Å²) < 4.78 is 5.77. The zero-order valence-corrected chi connectivity index (χ0v) is 12.0. The monoisotopic (exact) mass is 239 g/mol. The lowest BCUT2D eigenvalue weighted by Gasteiger charge is -2.51. The number of hydrogen-bond acceptors (Lipinski definition) is 2. The highest BCUT2D eigenvalue weighted by Gasteiger charge is 2.42. The Hall–Kier alpha value is -0.0800. The van der Waals surface area contributed by atoms with Gasteiger partial charge in [0.25, 0.3) is 0 Å². The molecule has 2 heterocycles. The van der Waals surface area contributed by atoms with Crippen molar-refractivity contribution in [1.29, 1.82) is 0 Å². The van der Waals surface area contributed by atoms with Gasteiger partial charge in [-0.1, -0.05) is 13.8 Å². The molecule has 2 nitrogen and oxygen atoms in total. The molecule has 0 bridgehead atoms. The molecule has 1 spiro atoms. The first-order valence-electron chi connectivity index (χ1n) is 7.38. The Morgan fingerprint density at radius 3 is 2.47 bits per heavy atom. The summed E-state index contributed by atoms with van der Waals surface area (Å²) >= 11 is 0. The van der Waals surface area contributed by atoms with Crippen molar-refractivity contribution >= 4 is 0 Å². The molecule has 0 N–H and O–H groups in total. The minimum atomic E-state index is 0.512. The third kappa shape index (κ3) is 2.85. The molecule has 2 heteroatoms. The van der Waals surface area contributed by atoms with Gasteiger partial charge < -0.3 is 4.74 Å². The molecule has 0 aliphatic carbocycles. The first kappa shape index (κ1) is 13.4. The van der Waals surface area contributed by atoms with Crippen LogP contribution in [0.15, 0.2) is 0 Å². The second kappa shape index (κ2) is 5.27. The second-order valence-corrected chi connectivity index (χ2v) is 6.75. The average molecular weight is 239 g/mol. The van der Waals surface area contributed by atoms with Gasteiger partial charge in [0, 0.05) is 18.7 Å². The van der Waals surface area contributed by atoms with Gasteiger partial charge in [-0.3, -0.25) is 4.90 Å². The van der Waals surface area contributed by atoms with E-state index in [2.05, 4.69) is 32.6 Å². The molecule has 0 aromatic rings. The predicted octanol–water partition coefficient (Wildman–Crippen LogP) is 3.31. The average Bonchev–Trinajstić information content (AvgIpc) is 2.29. The van der Waals surface area contributed by atoms with Gasteiger partial charge in [0.05, 0.1) is 6.61 Å². The Morgan fingerprint density at radius 1 is 1.18 bits per heavy atom. The zero-order chi connectivity index (χ0) is 12.5. The number of hydrogen-bond donors (Lipinski definition) is 0. The van der Waals surface area contributed by atoms with E-state index in [1.54, 1.807) is 0 Å². The lowest BCUT2D eigenvalue weighted by atomic mass is 9.69. The van der Waals surface area contributed by atoms with Gasteiger partial charge in [0.15, 0.2) is 0 Å². The topological polar surface area (TPSA) is 12.5 Å². The van der Waals surface area contributed by atoms with Gasteiger partial charge in [-0.25, -0.2) is 0 Å². The Balaban J connectivity index is 2.07. The summed E-state index contributed by atoms with van der Waals surface area (Å²) in [7, 11) is 0. The van der Waals surface area contributed by atoms with Crippen LogP contribution in [0.2, 0.25) is 0 Å². The van der Waals surface area contributed by atoms with Crippen LogP contribution in [-0.2, 0) is 4.74 Å². The summed E-state index contributed by atoms with van der Waals surface area (Å²) in [6, 6.07) is 1.44. The van der Waals surface area contributed by atoms with Crippen molar-refractivity contribution in [1.82, 2.24) is 4.90 Å². The molecule has 0 saturated carbocycles. The molecule has 2 aliphatic rings. The first-order valence-corrected chi connectivity index (χ1v) is 7.38. The van der Waals surface area contributed by atoms with Crippen LogP contribution < -0.4 is 0 Å². The molecule has 17 heavy (non-hydrogen) atoms. The number of rotatable bonds is 2. The van der Waals surface area contributed by atoms with Crippen molar-refractivity contribution < 1.29 is 4.74 Å². The van der Waals surface area contributed by atoms with Crippen LogP contribution in [-0.4, -0.2) is 36.7 Å². The highest BCUT2D eigenvalue weighted by atomic mass is 16.5. The molecular formula is C15H29NO. The zero-order valence-electron chi connectivity index (χ0n) is 12.0. The normalized spacial score (nSPS) is 36.0. The standard InChI is InChI=1S/C15H29NO/c1-12(2)14-10-15(6-5-9-17-11-15)7-8-16(14)13(3)4/h12-14H,5-11H2,1-4H3. The highest BCUT2D eigenvalue weighted by Crippen LogP contribution is 2.43. The molecule has 0 aromatic heterocycles. The van der Waals surface area contributed by atoms with Crippen LogP contribution in [0.25, 0.3) is 0 Å². The van der Waals surface area contributed by atoms with E-state index >= 15 is 0 Å². The Morgan fingerprint density at radius 2 is 1.94 bits per heavy atom. The van der Waals surface area contributed by atoms with E-state index in [1.165, 1.54) is 32.2 Å². The summed E-state index contributed by atoms with van der Waals surface area (Å²) in [5, 5.41) is 0. The van der Waals surface area contributed by atoms with Crippen LogP contribution in [0.4, 0.5) is 0 Å². The lowest BCUT2D eigenvalue weighted by molar-refractivity contribution is -0.0743. The van der Waals surface area contributed by atoms with Crippen molar-refractivity contribution in [3.8, 4) is 0 Å². The fraction of sp³-hybridized carbons (Fsp3) is 1.00. The summed E-state index contributed by atoms with van der Waals surface area (Å²) in [5.41, 5.74) is 0.512. The molecule has 2 unspecified atom stereocenters. The molecule has 2 rings (SSSR count). The van der Waals surface area contributed by atoms with E-state index < -0.39 is 0 Å². The van der Waals surface area contributed by atoms with Crippen molar-refractivity contribution in [2.75, 3.05) is 19.8 Å². The molecule has 0 radical (unpaired) electrons. The van der Waals surface area contributed by atoms with E-state index in [4.69, 9.17) is 4.74 Å². The number of piperidine rings is 1. The van der Waals surface area contributed by atoms with Gasteiger partial charge in [-0.15, -0.1) is 0 Å². The van der Waals surface area contributed by atoms with Gasteiger partial charge in [0.2, 0.25) is 0 Å². The molecule has 100 valence electrons. The first-order chi connectivity index (χ1) is 8.04. The minimum Gasteiger partial charge on any atom is -0.381 e. The van der Waals surface area contributed by atoms with Crippen molar-refractivity contribution in [3.05, 3.63) is 0 Å². The highest BCUT2D eigenvalue weighted by molar-refractivity contribution is 4.94. The van der Waals surface area contributed by atoms with Crippen LogP contribution in [0.3, 0.4) is 0 Å². The van der Waals surface area contributed by atoms with Crippen molar-refractivity contribution in [2.45, 2.75) is 65.5 Å². The van der Waals surface area contributed by atoms with Gasteiger partial charge >= 0.3 is 0 Å². The second-order valence-electron chi connectivity index (χ2n) is 6.75. The maximum atomic E-state index is 5.77. The molecule has 2 aliphatic heterocycles. The molecule has 2 saturated heterocycles. The minimum absolute atomic E-state index is 0.512. The van der Waals surface area contributed by atoms with Crippen LogP contribution in [0.1, 0.15) is 53.4 Å². The van der Waals surface area contributed by atoms with Crippen molar-refractivity contribution in [2.24, 2.45) is 11.3 Å². The van der Waals surface area contributed by atoms with Crippen LogP contribution >= 0.6 is 0 Å². The fourth-order valence-electron chi connectivity index (χ4n) is 3.72. The number of likely N-dealkylation sites (tertiary alicyclic amines) is 1. The third-order valence-corrected chi connectivity index (χ3v) is 4.81. The predicted molar refractivity (Wildman–Crippen MR) is 72.2 cm³/mol.